The number of carbonyl (C=O) groups excluding carboxylic acids is 5. The highest BCUT2D eigenvalue weighted by Gasteiger charge is 2.70. The largest absolute Gasteiger partial charge is 0.363 e. The third-order valence-corrected chi connectivity index (χ3v) is 14.2. The van der Waals surface area contributed by atoms with E-state index in [0.717, 1.165) is 38.5 Å². The Morgan fingerprint density at radius 2 is 1.51 bits per heavy atom. The molecule has 13 heteroatoms. The molecule has 47 heavy (non-hydrogen) atoms. The molecule has 3 aliphatic carbocycles. The lowest BCUT2D eigenvalue weighted by Crippen LogP contribution is -2.64. The second-order valence-corrected chi connectivity index (χ2v) is 20.1. The summed E-state index contributed by atoms with van der Waals surface area (Å²) in [6, 6.07) is -3.59. The summed E-state index contributed by atoms with van der Waals surface area (Å²) in [5.41, 5.74) is 3.42. The molecular weight excluding hydrogens is 622 g/mol. The number of nitrogens with zero attached hydrogens (tertiary/aromatic N) is 1. The topological polar surface area (TPSA) is 185 Å². The van der Waals surface area contributed by atoms with Gasteiger partial charge in [0.2, 0.25) is 17.6 Å². The monoisotopic (exact) mass is 679 g/mol. The van der Waals surface area contributed by atoms with Gasteiger partial charge in [-0.1, -0.05) is 73.1 Å². The van der Waals surface area contributed by atoms with Crippen LogP contribution in [0.2, 0.25) is 0 Å². The minimum atomic E-state index is -3.56. The van der Waals surface area contributed by atoms with Crippen molar-refractivity contribution in [1.29, 1.82) is 0 Å². The lowest BCUT2D eigenvalue weighted by Gasteiger charge is -2.41. The van der Waals surface area contributed by atoms with Crippen molar-refractivity contribution in [2.45, 2.75) is 142 Å². The minimum Gasteiger partial charge on any atom is -0.363 e. The van der Waals surface area contributed by atoms with E-state index in [0.29, 0.717) is 25.8 Å². The van der Waals surface area contributed by atoms with Gasteiger partial charge in [0.05, 0.1) is 22.1 Å². The van der Waals surface area contributed by atoms with Crippen molar-refractivity contribution in [2.24, 2.45) is 34.3 Å². The Morgan fingerprint density at radius 1 is 0.915 bits per heavy atom. The van der Waals surface area contributed by atoms with Crippen LogP contribution in [-0.2, 0) is 29.0 Å². The molecule has 4 aliphatic rings. The smallest absolute Gasteiger partial charge is 0.315 e. The van der Waals surface area contributed by atoms with E-state index < -0.39 is 73.2 Å². The molecular formula is C34H57N5O7S. The first-order valence-electron chi connectivity index (χ1n) is 17.3. The number of hydrogen-bond acceptors (Lipinski definition) is 7. The van der Waals surface area contributed by atoms with Crippen LogP contribution in [0.1, 0.15) is 113 Å². The summed E-state index contributed by atoms with van der Waals surface area (Å²) < 4.78 is 25.6. The van der Waals surface area contributed by atoms with Crippen molar-refractivity contribution in [2.75, 3.05) is 12.3 Å². The molecule has 12 nitrogen and oxygen atoms in total. The molecule has 0 aromatic heterocycles. The normalized spacial score (nSPS) is 26.6. The summed E-state index contributed by atoms with van der Waals surface area (Å²) in [4.78, 5) is 68.1. The molecule has 5 atom stereocenters. The lowest BCUT2D eigenvalue weighted by atomic mass is 9.80. The van der Waals surface area contributed by atoms with E-state index in [4.69, 9.17) is 5.73 Å². The molecule has 3 saturated carbocycles. The Morgan fingerprint density at radius 3 is 2.00 bits per heavy atom. The fourth-order valence-electron chi connectivity index (χ4n) is 7.87. The Kier molecular flexibility index (Phi) is 10.2. The molecule has 266 valence electrons. The predicted octanol–water partition coefficient (Wildman–Crippen LogP) is 2.83. The quantitative estimate of drug-likeness (QED) is 0.242. The maximum Gasteiger partial charge on any atom is 0.315 e. The molecule has 5 amide bonds. The van der Waals surface area contributed by atoms with Crippen LogP contribution in [0.4, 0.5) is 4.79 Å². The van der Waals surface area contributed by atoms with Crippen LogP contribution >= 0.6 is 0 Å². The van der Waals surface area contributed by atoms with Crippen molar-refractivity contribution >= 4 is 39.4 Å². The van der Waals surface area contributed by atoms with E-state index in [2.05, 4.69) is 16.0 Å². The van der Waals surface area contributed by atoms with Crippen molar-refractivity contribution in [1.82, 2.24) is 20.9 Å². The van der Waals surface area contributed by atoms with E-state index >= 15 is 0 Å². The number of rotatable bonds is 11. The van der Waals surface area contributed by atoms with Crippen molar-refractivity contribution in [3.63, 3.8) is 0 Å². The van der Waals surface area contributed by atoms with E-state index in [9.17, 15) is 32.4 Å². The van der Waals surface area contributed by atoms with Crippen molar-refractivity contribution < 1.29 is 32.4 Å². The van der Waals surface area contributed by atoms with Crippen molar-refractivity contribution in [3.05, 3.63) is 0 Å². The number of piperidine rings is 1. The van der Waals surface area contributed by atoms with Crippen molar-refractivity contribution in [3.8, 4) is 0 Å². The molecule has 0 spiro atoms. The van der Waals surface area contributed by atoms with Crippen LogP contribution < -0.4 is 21.7 Å². The number of hydrogen-bond donors (Lipinski definition) is 4. The summed E-state index contributed by atoms with van der Waals surface area (Å²) >= 11 is 0. The van der Waals surface area contributed by atoms with Gasteiger partial charge in [-0.15, -0.1) is 0 Å². The molecule has 5 N–H and O–H groups in total. The number of nitrogens with two attached hydrogens (primary N) is 1. The summed E-state index contributed by atoms with van der Waals surface area (Å²) in [5.74, 6) is -2.94. The van der Waals surface area contributed by atoms with Crippen LogP contribution in [0.15, 0.2) is 0 Å². The highest BCUT2D eigenvalue weighted by atomic mass is 32.2. The zero-order chi connectivity index (χ0) is 35.3. The second kappa shape index (κ2) is 13.0. The maximum absolute atomic E-state index is 14.4. The van der Waals surface area contributed by atoms with Gasteiger partial charge in [0.15, 0.2) is 9.84 Å². The van der Waals surface area contributed by atoms with Crippen LogP contribution in [0.5, 0.6) is 0 Å². The number of Topliss-reactive ketones (excluding diaryl/α,β-unsaturated/α-hetero) is 1. The molecule has 4 rings (SSSR count). The molecule has 0 bridgehead atoms. The number of likely N-dealkylation sites (tertiary alicyclic amines) is 1. The molecule has 3 unspecified atom stereocenters. The lowest BCUT2D eigenvalue weighted by molar-refractivity contribution is -0.145. The van der Waals surface area contributed by atoms with E-state index in [-0.39, 0.29) is 28.9 Å². The SMILES string of the molecule is CC1(C)C2CN(C(=O)[C@@H](NC(=O)NC3(CS(=O)(=O)C(C)(C)C)CCCCC3)C(C)(C)C)[C@H](C(=O)NC(CC3CCC3)C(=O)C(N)=O)C21. The molecule has 1 heterocycles. The third kappa shape index (κ3) is 7.80. The first-order valence-corrected chi connectivity index (χ1v) is 18.9. The van der Waals surface area contributed by atoms with E-state index in [1.54, 1.807) is 20.8 Å². The molecule has 0 aromatic carbocycles. The zero-order valence-corrected chi connectivity index (χ0v) is 30.3. The van der Waals surface area contributed by atoms with Gasteiger partial charge in [-0.25, -0.2) is 13.2 Å². The fourth-order valence-corrected chi connectivity index (χ4v) is 9.39. The van der Waals surface area contributed by atoms with Gasteiger partial charge < -0.3 is 26.6 Å². The minimum absolute atomic E-state index is 0.0571. The predicted molar refractivity (Wildman–Crippen MR) is 179 cm³/mol. The van der Waals surface area contributed by atoms with Gasteiger partial charge in [-0.3, -0.25) is 19.2 Å². The van der Waals surface area contributed by atoms with Crippen LogP contribution in [-0.4, -0.2) is 83.6 Å². The van der Waals surface area contributed by atoms with Gasteiger partial charge in [0, 0.05) is 6.54 Å². The van der Waals surface area contributed by atoms with Gasteiger partial charge in [-0.2, -0.15) is 0 Å². The molecule has 0 radical (unpaired) electrons. The molecule has 0 aromatic rings. The first-order chi connectivity index (χ1) is 21.5. The van der Waals surface area contributed by atoms with Gasteiger partial charge in [-0.05, 0) is 68.6 Å². The molecule has 4 fully saturated rings. The Labute approximate surface area is 280 Å². The Hall–Kier alpha value is -2.70. The van der Waals surface area contributed by atoms with Gasteiger partial charge in [0.25, 0.3) is 5.91 Å². The number of ketones is 1. The first kappa shape index (κ1) is 37.1. The van der Waals surface area contributed by atoms with Crippen LogP contribution in [0.25, 0.3) is 0 Å². The number of amides is 5. The molecule has 1 aliphatic heterocycles. The average molecular weight is 680 g/mol. The number of carbonyl (C=O) groups is 5. The number of urea groups is 1. The van der Waals surface area contributed by atoms with E-state index in [1.807, 2.05) is 34.6 Å². The zero-order valence-electron chi connectivity index (χ0n) is 29.5. The van der Waals surface area contributed by atoms with E-state index in [1.165, 1.54) is 4.90 Å². The number of primary amides is 1. The molecule has 1 saturated heterocycles. The summed E-state index contributed by atoms with van der Waals surface area (Å²) in [7, 11) is -3.56. The maximum atomic E-state index is 14.4. The fraction of sp³-hybridized carbons (Fsp3) is 0.853. The van der Waals surface area contributed by atoms with Gasteiger partial charge >= 0.3 is 6.03 Å². The average Bonchev–Trinajstić information content (AvgIpc) is 3.23. The van der Waals surface area contributed by atoms with Crippen LogP contribution in [0.3, 0.4) is 0 Å². The highest BCUT2D eigenvalue weighted by molar-refractivity contribution is 7.92. The van der Waals surface area contributed by atoms with Gasteiger partial charge in [0.1, 0.15) is 12.1 Å². The number of sulfone groups is 1. The third-order valence-electron chi connectivity index (χ3n) is 11.4. The summed E-state index contributed by atoms with van der Waals surface area (Å²) in [6.45, 7) is 14.9. The Balaban J connectivity index is 1.55. The second-order valence-electron chi connectivity index (χ2n) is 17.3. The standard InChI is InChI=1S/C34H57N5O7S/c1-31(2,3)26(37-30(44)38-34(15-10-9-11-16-34)19-47(45,46)32(4,5)6)29(43)39-18-21-23(33(21,7)8)24(39)28(42)36-22(25(40)27(35)41)17-20-13-12-14-20/h20-24,26H,9-19H2,1-8H3,(H2,35,41)(H,36,42)(H2,37,38,44)/t21?,22?,23?,24-,26+/m0/s1. The highest BCUT2D eigenvalue weighted by Crippen LogP contribution is 2.65. The number of nitrogens with one attached hydrogen (secondary N) is 3. The number of fused-ring (bicyclic) bond motifs is 1. The summed E-state index contributed by atoms with van der Waals surface area (Å²) in [5, 5.41) is 8.65. The Bertz CT molecular complexity index is 1370. The summed E-state index contributed by atoms with van der Waals surface area (Å²) in [6.07, 6.45) is 6.73. The van der Waals surface area contributed by atoms with Crippen LogP contribution in [0, 0.1) is 28.6 Å².